The fourth-order valence-corrected chi connectivity index (χ4v) is 1.31. The summed E-state index contributed by atoms with van der Waals surface area (Å²) >= 11 is 0. The third kappa shape index (κ3) is 4.66. The van der Waals surface area contributed by atoms with E-state index in [4.69, 9.17) is 5.11 Å². The second-order valence-electron chi connectivity index (χ2n) is 3.79. The molecule has 2 nitrogen and oxygen atoms in total. The minimum Gasteiger partial charge on any atom is -0.478 e. The van der Waals surface area contributed by atoms with Crippen molar-refractivity contribution in [2.75, 3.05) is 0 Å². The molecule has 1 aromatic carbocycles. The minimum absolute atomic E-state index is 0.236. The van der Waals surface area contributed by atoms with E-state index in [0.717, 1.165) is 11.1 Å². The van der Waals surface area contributed by atoms with Crippen LogP contribution in [0.2, 0.25) is 0 Å². The number of hydrogen-bond acceptors (Lipinski definition) is 1. The Bertz CT molecular complexity index is 505. The van der Waals surface area contributed by atoms with E-state index >= 15 is 0 Å². The van der Waals surface area contributed by atoms with Gasteiger partial charge in [-0.1, -0.05) is 60.7 Å². The largest absolute Gasteiger partial charge is 0.478 e. The second kappa shape index (κ2) is 7.07. The zero-order valence-corrected chi connectivity index (χ0v) is 10.3. The van der Waals surface area contributed by atoms with Crippen LogP contribution in [0, 0.1) is 0 Å². The molecule has 0 fully saturated rings. The Labute approximate surface area is 107 Å². The van der Waals surface area contributed by atoms with E-state index in [1.807, 2.05) is 43.3 Å². The quantitative estimate of drug-likeness (QED) is 0.627. The van der Waals surface area contributed by atoms with Crippen molar-refractivity contribution in [3.05, 3.63) is 77.9 Å². The number of allylic oxidation sites excluding steroid dienone is 4. The summed E-state index contributed by atoms with van der Waals surface area (Å²) in [5.74, 6) is -0.950. The lowest BCUT2D eigenvalue weighted by molar-refractivity contribution is -0.132. The van der Waals surface area contributed by atoms with Crippen LogP contribution in [0.25, 0.3) is 6.08 Å². The van der Waals surface area contributed by atoms with Crippen molar-refractivity contribution < 1.29 is 9.90 Å². The van der Waals surface area contributed by atoms with E-state index in [-0.39, 0.29) is 5.57 Å². The van der Waals surface area contributed by atoms with Gasteiger partial charge in [0, 0.05) is 0 Å². The van der Waals surface area contributed by atoms with Crippen LogP contribution in [0.15, 0.2) is 72.4 Å². The standard InChI is InChI=1S/C16H16O2/c1-3-13(2)12-15(16(17)18)11-7-10-14-8-5-4-6-9-14/h3-12H,1H2,2H3,(H,17,18). The molecule has 0 aliphatic carbocycles. The van der Waals surface area contributed by atoms with Crippen molar-refractivity contribution in [1.82, 2.24) is 0 Å². The Morgan fingerprint density at radius 1 is 1.28 bits per heavy atom. The maximum atomic E-state index is 11.0. The Balaban J connectivity index is 2.88. The molecule has 0 aromatic heterocycles. The van der Waals surface area contributed by atoms with Crippen LogP contribution in [0.5, 0.6) is 0 Å². The smallest absolute Gasteiger partial charge is 0.335 e. The first kappa shape index (κ1) is 13.7. The number of hydrogen-bond donors (Lipinski definition) is 1. The lowest BCUT2D eigenvalue weighted by Gasteiger charge is -1.95. The van der Waals surface area contributed by atoms with Gasteiger partial charge < -0.3 is 5.11 Å². The first-order valence-corrected chi connectivity index (χ1v) is 5.61. The van der Waals surface area contributed by atoms with Crippen molar-refractivity contribution in [1.29, 1.82) is 0 Å². The van der Waals surface area contributed by atoms with Crippen molar-refractivity contribution in [3.8, 4) is 0 Å². The van der Waals surface area contributed by atoms with Gasteiger partial charge in [-0.3, -0.25) is 0 Å². The molecule has 1 rings (SSSR count). The molecule has 0 heterocycles. The highest BCUT2D eigenvalue weighted by atomic mass is 16.4. The summed E-state index contributed by atoms with van der Waals surface area (Å²) in [6, 6.07) is 9.71. The van der Waals surface area contributed by atoms with Crippen LogP contribution in [0.1, 0.15) is 12.5 Å². The van der Waals surface area contributed by atoms with E-state index in [1.54, 1.807) is 24.3 Å². The molecule has 2 heteroatoms. The summed E-state index contributed by atoms with van der Waals surface area (Å²) in [6.45, 7) is 5.40. The van der Waals surface area contributed by atoms with Crippen molar-refractivity contribution >= 4 is 12.0 Å². The van der Waals surface area contributed by atoms with Crippen LogP contribution in [0.4, 0.5) is 0 Å². The summed E-state index contributed by atoms with van der Waals surface area (Å²) in [5, 5.41) is 9.03. The molecule has 0 aliphatic heterocycles. The van der Waals surface area contributed by atoms with Gasteiger partial charge in [0.2, 0.25) is 0 Å². The van der Waals surface area contributed by atoms with Crippen molar-refractivity contribution in [3.63, 3.8) is 0 Å². The first-order chi connectivity index (χ1) is 8.63. The van der Waals surface area contributed by atoms with Gasteiger partial charge in [0.25, 0.3) is 0 Å². The van der Waals surface area contributed by atoms with Crippen LogP contribution in [-0.2, 0) is 4.79 Å². The second-order valence-corrected chi connectivity index (χ2v) is 3.79. The predicted molar refractivity (Wildman–Crippen MR) is 75.1 cm³/mol. The van der Waals surface area contributed by atoms with E-state index in [0.29, 0.717) is 0 Å². The number of aliphatic carboxylic acids is 1. The molecule has 0 radical (unpaired) electrons. The number of carboxylic acids is 1. The Morgan fingerprint density at radius 2 is 1.94 bits per heavy atom. The van der Waals surface area contributed by atoms with Gasteiger partial charge in [-0.05, 0) is 24.6 Å². The molecule has 0 saturated carbocycles. The predicted octanol–water partition coefficient (Wildman–Crippen LogP) is 3.84. The highest BCUT2D eigenvalue weighted by Gasteiger charge is 2.01. The monoisotopic (exact) mass is 240 g/mol. The zero-order valence-electron chi connectivity index (χ0n) is 10.3. The fourth-order valence-electron chi connectivity index (χ4n) is 1.31. The van der Waals surface area contributed by atoms with E-state index in [2.05, 4.69) is 6.58 Å². The third-order valence-corrected chi connectivity index (χ3v) is 2.32. The fraction of sp³-hybridized carbons (Fsp3) is 0.0625. The first-order valence-electron chi connectivity index (χ1n) is 5.61. The summed E-state index contributed by atoms with van der Waals surface area (Å²) in [6.07, 6.45) is 8.37. The van der Waals surface area contributed by atoms with Crippen LogP contribution in [0.3, 0.4) is 0 Å². The molecule has 18 heavy (non-hydrogen) atoms. The van der Waals surface area contributed by atoms with Gasteiger partial charge in [0.1, 0.15) is 0 Å². The average molecular weight is 240 g/mol. The Kier molecular flexibility index (Phi) is 5.39. The topological polar surface area (TPSA) is 37.3 Å². The van der Waals surface area contributed by atoms with Gasteiger partial charge >= 0.3 is 5.97 Å². The van der Waals surface area contributed by atoms with Crippen LogP contribution < -0.4 is 0 Å². The van der Waals surface area contributed by atoms with Gasteiger partial charge in [-0.15, -0.1) is 0 Å². The van der Waals surface area contributed by atoms with E-state index < -0.39 is 5.97 Å². The van der Waals surface area contributed by atoms with Crippen LogP contribution in [-0.4, -0.2) is 11.1 Å². The summed E-state index contributed by atoms with van der Waals surface area (Å²) in [4.78, 5) is 11.0. The molecule has 0 atom stereocenters. The molecule has 0 spiro atoms. The van der Waals surface area contributed by atoms with Crippen molar-refractivity contribution in [2.45, 2.75) is 6.92 Å². The zero-order chi connectivity index (χ0) is 13.4. The summed E-state index contributed by atoms with van der Waals surface area (Å²) in [7, 11) is 0. The molecule has 92 valence electrons. The Hall–Kier alpha value is -2.35. The molecule has 0 bridgehead atoms. The lowest BCUT2D eigenvalue weighted by atomic mass is 10.1. The summed E-state index contributed by atoms with van der Waals surface area (Å²) in [5.41, 5.74) is 2.08. The number of benzene rings is 1. The maximum Gasteiger partial charge on any atom is 0.335 e. The molecule has 0 saturated heterocycles. The molecular weight excluding hydrogens is 224 g/mol. The molecule has 0 unspecified atom stereocenters. The van der Waals surface area contributed by atoms with Gasteiger partial charge in [0.15, 0.2) is 0 Å². The van der Waals surface area contributed by atoms with E-state index in [1.165, 1.54) is 0 Å². The molecule has 0 amide bonds. The molecule has 1 aromatic rings. The highest BCUT2D eigenvalue weighted by molar-refractivity contribution is 5.90. The SMILES string of the molecule is C=CC(C)=CC(=CC=Cc1ccccc1)C(=O)O. The highest BCUT2D eigenvalue weighted by Crippen LogP contribution is 2.06. The number of rotatable bonds is 5. The number of carboxylic acid groups (broad SMARTS) is 1. The molecule has 0 aliphatic rings. The third-order valence-electron chi connectivity index (χ3n) is 2.32. The molecular formula is C16H16O2. The Morgan fingerprint density at radius 3 is 2.50 bits per heavy atom. The normalized spacial score (nSPS) is 12.7. The number of carbonyl (C=O) groups is 1. The summed E-state index contributed by atoms with van der Waals surface area (Å²) < 4.78 is 0. The molecule has 1 N–H and O–H groups in total. The van der Waals surface area contributed by atoms with Gasteiger partial charge in [-0.25, -0.2) is 4.79 Å². The lowest BCUT2D eigenvalue weighted by Crippen LogP contribution is -1.97. The minimum atomic E-state index is -0.950. The van der Waals surface area contributed by atoms with Gasteiger partial charge in [-0.2, -0.15) is 0 Å². The van der Waals surface area contributed by atoms with E-state index in [9.17, 15) is 4.79 Å². The van der Waals surface area contributed by atoms with Crippen LogP contribution >= 0.6 is 0 Å². The van der Waals surface area contributed by atoms with Gasteiger partial charge in [0.05, 0.1) is 5.57 Å². The average Bonchev–Trinajstić information content (AvgIpc) is 2.38. The maximum absolute atomic E-state index is 11.0. The van der Waals surface area contributed by atoms with Crippen molar-refractivity contribution in [2.24, 2.45) is 0 Å².